The number of halogens is 1. The smallest absolute Gasteiger partial charge is 0.139 e. The second kappa shape index (κ2) is 4.14. The van der Waals surface area contributed by atoms with Crippen molar-refractivity contribution in [3.8, 4) is 11.3 Å². The molecule has 2 heterocycles. The molecule has 0 spiro atoms. The highest BCUT2D eigenvalue weighted by atomic mass is 79.9. The lowest BCUT2D eigenvalue weighted by atomic mass is 10.1. The Morgan fingerprint density at radius 3 is 2.73 bits per heavy atom. The first kappa shape index (κ1) is 10.4. The highest BCUT2D eigenvalue weighted by molar-refractivity contribution is 9.10. The van der Waals surface area contributed by atoms with Crippen LogP contribution in [0.5, 0.6) is 0 Å². The molecule has 0 saturated heterocycles. The van der Waals surface area contributed by atoms with E-state index in [1.807, 2.05) is 18.2 Å². The summed E-state index contributed by atoms with van der Waals surface area (Å²) in [7, 11) is 0. The minimum absolute atomic E-state index is 0.358. The molecule has 0 aliphatic rings. The Morgan fingerprint density at radius 1 is 1.33 bits per heavy atom. The van der Waals surface area contributed by atoms with Crippen LogP contribution in [-0.2, 0) is 0 Å². The molecule has 0 radical (unpaired) electrons. The summed E-state index contributed by atoms with van der Waals surface area (Å²) in [6.45, 7) is 4.15. The summed E-state index contributed by atoms with van der Waals surface area (Å²) in [5.74, 6) is 1.26. The summed E-state index contributed by atoms with van der Waals surface area (Å²) in [4.78, 5) is 4.07. The molecule has 2 rings (SSSR count). The quantitative estimate of drug-likeness (QED) is 0.780. The van der Waals surface area contributed by atoms with Gasteiger partial charge in [-0.05, 0) is 28.1 Å². The standard InChI is InChI=1S/C11H11BrN2O/c1-7(2)10-6-9(14-15-10)8-3-4-13-11(12)5-8/h3-7H,1-2H3. The van der Waals surface area contributed by atoms with Crippen LogP contribution in [-0.4, -0.2) is 10.1 Å². The third-order valence-electron chi connectivity index (χ3n) is 2.12. The third-order valence-corrected chi connectivity index (χ3v) is 2.55. The summed E-state index contributed by atoms with van der Waals surface area (Å²) in [5.41, 5.74) is 1.86. The molecule has 0 amide bonds. The maximum atomic E-state index is 5.23. The van der Waals surface area contributed by atoms with E-state index in [1.165, 1.54) is 0 Å². The minimum atomic E-state index is 0.358. The van der Waals surface area contributed by atoms with Gasteiger partial charge in [0, 0.05) is 23.7 Å². The SMILES string of the molecule is CC(C)c1cc(-c2ccnc(Br)c2)no1. The average molecular weight is 267 g/mol. The molecule has 0 N–H and O–H groups in total. The van der Waals surface area contributed by atoms with Gasteiger partial charge < -0.3 is 4.52 Å². The lowest BCUT2D eigenvalue weighted by Gasteiger charge is -1.95. The zero-order chi connectivity index (χ0) is 10.8. The molecular formula is C11H11BrN2O. The van der Waals surface area contributed by atoms with E-state index < -0.39 is 0 Å². The van der Waals surface area contributed by atoms with Gasteiger partial charge in [0.25, 0.3) is 0 Å². The van der Waals surface area contributed by atoms with Gasteiger partial charge in [0.2, 0.25) is 0 Å². The van der Waals surface area contributed by atoms with Crippen LogP contribution >= 0.6 is 15.9 Å². The average Bonchev–Trinajstić information content (AvgIpc) is 2.66. The molecule has 0 aromatic carbocycles. The van der Waals surface area contributed by atoms with E-state index in [9.17, 15) is 0 Å². The van der Waals surface area contributed by atoms with E-state index in [0.29, 0.717) is 5.92 Å². The van der Waals surface area contributed by atoms with Gasteiger partial charge in [-0.2, -0.15) is 0 Å². The monoisotopic (exact) mass is 266 g/mol. The Bertz CT molecular complexity index is 465. The maximum Gasteiger partial charge on any atom is 0.139 e. The van der Waals surface area contributed by atoms with Gasteiger partial charge in [-0.15, -0.1) is 0 Å². The van der Waals surface area contributed by atoms with E-state index >= 15 is 0 Å². The van der Waals surface area contributed by atoms with Crippen LogP contribution in [0.15, 0.2) is 33.5 Å². The van der Waals surface area contributed by atoms with E-state index in [0.717, 1.165) is 21.6 Å². The molecule has 0 unspecified atom stereocenters. The fourth-order valence-electron chi connectivity index (χ4n) is 1.26. The van der Waals surface area contributed by atoms with Crippen LogP contribution < -0.4 is 0 Å². The molecule has 0 saturated carbocycles. The Morgan fingerprint density at radius 2 is 2.13 bits per heavy atom. The predicted octanol–water partition coefficient (Wildman–Crippen LogP) is 3.62. The number of nitrogens with zero attached hydrogens (tertiary/aromatic N) is 2. The van der Waals surface area contributed by atoms with Gasteiger partial charge >= 0.3 is 0 Å². The lowest BCUT2D eigenvalue weighted by molar-refractivity contribution is 0.373. The molecule has 0 bridgehead atoms. The van der Waals surface area contributed by atoms with Crippen molar-refractivity contribution in [3.05, 3.63) is 34.8 Å². The van der Waals surface area contributed by atoms with Gasteiger partial charge in [-0.25, -0.2) is 4.98 Å². The van der Waals surface area contributed by atoms with Crippen molar-refractivity contribution < 1.29 is 4.52 Å². The Labute approximate surface area is 96.6 Å². The van der Waals surface area contributed by atoms with Crippen molar-refractivity contribution in [2.45, 2.75) is 19.8 Å². The van der Waals surface area contributed by atoms with Gasteiger partial charge in [0.15, 0.2) is 0 Å². The molecule has 0 aliphatic carbocycles. The molecular weight excluding hydrogens is 256 g/mol. The highest BCUT2D eigenvalue weighted by Gasteiger charge is 2.09. The van der Waals surface area contributed by atoms with Crippen LogP contribution in [0.4, 0.5) is 0 Å². The summed E-state index contributed by atoms with van der Waals surface area (Å²) < 4.78 is 6.03. The summed E-state index contributed by atoms with van der Waals surface area (Å²) >= 11 is 3.33. The molecule has 2 aromatic heterocycles. The van der Waals surface area contributed by atoms with Crippen molar-refractivity contribution in [1.29, 1.82) is 0 Å². The van der Waals surface area contributed by atoms with Gasteiger partial charge in [-0.1, -0.05) is 19.0 Å². The second-order valence-corrected chi connectivity index (χ2v) is 4.45. The largest absolute Gasteiger partial charge is 0.361 e. The second-order valence-electron chi connectivity index (χ2n) is 3.64. The van der Waals surface area contributed by atoms with Crippen molar-refractivity contribution in [3.63, 3.8) is 0 Å². The van der Waals surface area contributed by atoms with Gasteiger partial charge in [0.05, 0.1) is 0 Å². The van der Waals surface area contributed by atoms with E-state index in [-0.39, 0.29) is 0 Å². The molecule has 15 heavy (non-hydrogen) atoms. The van der Waals surface area contributed by atoms with Crippen LogP contribution in [0.1, 0.15) is 25.5 Å². The summed E-state index contributed by atoms with van der Waals surface area (Å²) in [6.07, 6.45) is 1.74. The molecule has 0 atom stereocenters. The lowest BCUT2D eigenvalue weighted by Crippen LogP contribution is -1.81. The fraction of sp³-hybridized carbons (Fsp3) is 0.273. The summed E-state index contributed by atoms with van der Waals surface area (Å²) in [5, 5.41) is 4.03. The fourth-order valence-corrected chi connectivity index (χ4v) is 1.62. The number of hydrogen-bond donors (Lipinski definition) is 0. The van der Waals surface area contributed by atoms with Crippen molar-refractivity contribution in [2.75, 3.05) is 0 Å². The first-order valence-corrected chi connectivity index (χ1v) is 5.54. The molecule has 3 nitrogen and oxygen atoms in total. The van der Waals surface area contributed by atoms with Crippen LogP contribution in [0.3, 0.4) is 0 Å². The molecule has 4 heteroatoms. The normalized spacial score (nSPS) is 10.9. The van der Waals surface area contributed by atoms with Crippen molar-refractivity contribution >= 4 is 15.9 Å². The Kier molecular flexibility index (Phi) is 2.86. The number of hydrogen-bond acceptors (Lipinski definition) is 3. The third kappa shape index (κ3) is 2.26. The van der Waals surface area contributed by atoms with E-state index in [2.05, 4.69) is 39.9 Å². The Hall–Kier alpha value is -1.16. The molecule has 0 aliphatic heterocycles. The number of pyridine rings is 1. The first-order valence-electron chi connectivity index (χ1n) is 4.75. The highest BCUT2D eigenvalue weighted by Crippen LogP contribution is 2.24. The van der Waals surface area contributed by atoms with Crippen LogP contribution in [0.25, 0.3) is 11.3 Å². The molecule has 2 aromatic rings. The number of rotatable bonds is 2. The van der Waals surface area contributed by atoms with Crippen LogP contribution in [0.2, 0.25) is 0 Å². The first-order chi connectivity index (χ1) is 7.16. The minimum Gasteiger partial charge on any atom is -0.361 e. The number of aromatic nitrogens is 2. The van der Waals surface area contributed by atoms with Crippen molar-refractivity contribution in [2.24, 2.45) is 0 Å². The molecule has 0 fully saturated rings. The van der Waals surface area contributed by atoms with Crippen molar-refractivity contribution in [1.82, 2.24) is 10.1 Å². The summed E-state index contributed by atoms with van der Waals surface area (Å²) in [6, 6.07) is 5.79. The van der Waals surface area contributed by atoms with E-state index in [4.69, 9.17) is 4.52 Å². The molecule has 78 valence electrons. The predicted molar refractivity (Wildman–Crippen MR) is 61.5 cm³/mol. The van der Waals surface area contributed by atoms with E-state index in [1.54, 1.807) is 6.20 Å². The topological polar surface area (TPSA) is 38.9 Å². The maximum absolute atomic E-state index is 5.23. The zero-order valence-electron chi connectivity index (χ0n) is 8.57. The van der Waals surface area contributed by atoms with Gasteiger partial charge in [-0.3, -0.25) is 0 Å². The van der Waals surface area contributed by atoms with Crippen LogP contribution in [0, 0.1) is 0 Å². The zero-order valence-corrected chi connectivity index (χ0v) is 10.2. The van der Waals surface area contributed by atoms with Gasteiger partial charge in [0.1, 0.15) is 16.1 Å². The Balaban J connectivity index is 2.37.